The second-order valence-electron chi connectivity index (χ2n) is 6.05. The molecule has 1 saturated carbocycles. The van der Waals surface area contributed by atoms with Crippen molar-refractivity contribution < 1.29 is 9.47 Å². The van der Waals surface area contributed by atoms with Gasteiger partial charge in [0.2, 0.25) is 0 Å². The molecule has 0 bridgehead atoms. The minimum absolute atomic E-state index is 0.354. The summed E-state index contributed by atoms with van der Waals surface area (Å²) in [7, 11) is 0. The lowest BCUT2D eigenvalue weighted by Gasteiger charge is -2.30. The van der Waals surface area contributed by atoms with E-state index in [0.29, 0.717) is 24.7 Å². The highest BCUT2D eigenvalue weighted by atomic mass is 79.9. The minimum Gasteiger partial charge on any atom is -0.486 e. The van der Waals surface area contributed by atoms with Crippen LogP contribution in [0.2, 0.25) is 0 Å². The summed E-state index contributed by atoms with van der Waals surface area (Å²) in [6, 6.07) is 4.57. The SMILES string of the molecule is CC1(C)CCCC1Nc1cc2c(cc1Br)OCCO2. The van der Waals surface area contributed by atoms with E-state index in [1.807, 2.05) is 12.1 Å². The third-order valence-corrected chi connectivity index (χ3v) is 4.87. The molecule has 104 valence electrons. The first kappa shape index (κ1) is 13.1. The number of anilines is 1. The van der Waals surface area contributed by atoms with Crippen molar-refractivity contribution in [1.82, 2.24) is 0 Å². The summed E-state index contributed by atoms with van der Waals surface area (Å²) < 4.78 is 12.3. The molecular formula is C15H20BrNO2. The van der Waals surface area contributed by atoms with Crippen molar-refractivity contribution in [3.63, 3.8) is 0 Å². The van der Waals surface area contributed by atoms with Crippen molar-refractivity contribution in [2.75, 3.05) is 18.5 Å². The largest absolute Gasteiger partial charge is 0.486 e. The van der Waals surface area contributed by atoms with Crippen LogP contribution in [0.15, 0.2) is 16.6 Å². The standard InChI is InChI=1S/C15H20BrNO2/c1-15(2)5-3-4-14(15)17-11-9-13-12(8-10(11)16)18-6-7-19-13/h8-9,14,17H,3-7H2,1-2H3. The van der Waals surface area contributed by atoms with Crippen molar-refractivity contribution >= 4 is 21.6 Å². The van der Waals surface area contributed by atoms with Crippen LogP contribution in [0, 0.1) is 5.41 Å². The van der Waals surface area contributed by atoms with Gasteiger partial charge in [0.1, 0.15) is 13.2 Å². The second-order valence-corrected chi connectivity index (χ2v) is 6.91. The van der Waals surface area contributed by atoms with Crippen molar-refractivity contribution in [3.8, 4) is 11.5 Å². The molecule has 1 fully saturated rings. The molecule has 1 aromatic carbocycles. The van der Waals surface area contributed by atoms with Gasteiger partial charge >= 0.3 is 0 Å². The number of fused-ring (bicyclic) bond motifs is 1. The van der Waals surface area contributed by atoms with E-state index in [4.69, 9.17) is 9.47 Å². The van der Waals surface area contributed by atoms with E-state index in [2.05, 4.69) is 35.1 Å². The molecule has 0 amide bonds. The second kappa shape index (κ2) is 4.89. The van der Waals surface area contributed by atoms with Gasteiger partial charge in [-0.05, 0) is 34.2 Å². The fourth-order valence-corrected chi connectivity index (χ4v) is 3.39. The molecule has 3 rings (SSSR count). The number of halogens is 1. The van der Waals surface area contributed by atoms with E-state index in [-0.39, 0.29) is 0 Å². The molecule has 3 nitrogen and oxygen atoms in total. The third-order valence-electron chi connectivity index (χ3n) is 4.22. The van der Waals surface area contributed by atoms with Gasteiger partial charge in [-0.2, -0.15) is 0 Å². The first-order chi connectivity index (χ1) is 9.06. The number of ether oxygens (including phenoxy) is 2. The molecule has 19 heavy (non-hydrogen) atoms. The fraction of sp³-hybridized carbons (Fsp3) is 0.600. The van der Waals surface area contributed by atoms with Gasteiger partial charge in [-0.3, -0.25) is 0 Å². The Hall–Kier alpha value is -0.900. The van der Waals surface area contributed by atoms with Gasteiger partial charge in [0.25, 0.3) is 0 Å². The Labute approximate surface area is 122 Å². The zero-order valence-corrected chi connectivity index (χ0v) is 13.0. The smallest absolute Gasteiger partial charge is 0.163 e. The van der Waals surface area contributed by atoms with Crippen LogP contribution < -0.4 is 14.8 Å². The maximum Gasteiger partial charge on any atom is 0.163 e. The van der Waals surface area contributed by atoms with Gasteiger partial charge in [-0.1, -0.05) is 20.3 Å². The summed E-state index contributed by atoms with van der Waals surface area (Å²) >= 11 is 3.62. The van der Waals surface area contributed by atoms with Crippen LogP contribution in [0.25, 0.3) is 0 Å². The number of nitrogens with one attached hydrogen (secondary N) is 1. The zero-order chi connectivity index (χ0) is 13.5. The number of hydrogen-bond donors (Lipinski definition) is 1. The molecule has 1 aliphatic carbocycles. The zero-order valence-electron chi connectivity index (χ0n) is 11.5. The molecule has 1 heterocycles. The van der Waals surface area contributed by atoms with Gasteiger partial charge in [0, 0.05) is 22.6 Å². The molecule has 1 unspecified atom stereocenters. The maximum atomic E-state index is 5.65. The van der Waals surface area contributed by atoms with Crippen molar-refractivity contribution in [1.29, 1.82) is 0 Å². The summed E-state index contributed by atoms with van der Waals surface area (Å²) in [6.45, 7) is 5.93. The van der Waals surface area contributed by atoms with Crippen molar-refractivity contribution in [2.45, 2.75) is 39.2 Å². The lowest BCUT2D eigenvalue weighted by Crippen LogP contribution is -2.31. The topological polar surface area (TPSA) is 30.5 Å². The van der Waals surface area contributed by atoms with E-state index in [0.717, 1.165) is 21.7 Å². The molecule has 1 aliphatic heterocycles. The highest BCUT2D eigenvalue weighted by Gasteiger charge is 2.34. The van der Waals surface area contributed by atoms with E-state index in [9.17, 15) is 0 Å². The summed E-state index contributed by atoms with van der Waals surface area (Å²) in [4.78, 5) is 0. The number of benzene rings is 1. The van der Waals surface area contributed by atoms with Crippen LogP contribution in [0.5, 0.6) is 11.5 Å². The monoisotopic (exact) mass is 325 g/mol. The molecular weight excluding hydrogens is 306 g/mol. The van der Waals surface area contributed by atoms with E-state index in [1.165, 1.54) is 19.3 Å². The van der Waals surface area contributed by atoms with Crippen molar-refractivity contribution in [2.24, 2.45) is 5.41 Å². The Morgan fingerprint density at radius 2 is 1.89 bits per heavy atom. The summed E-state index contributed by atoms with van der Waals surface area (Å²) in [5.74, 6) is 1.67. The lowest BCUT2D eigenvalue weighted by molar-refractivity contribution is 0.171. The van der Waals surface area contributed by atoms with E-state index < -0.39 is 0 Å². The van der Waals surface area contributed by atoms with E-state index in [1.54, 1.807) is 0 Å². The minimum atomic E-state index is 0.354. The van der Waals surface area contributed by atoms with Crippen LogP contribution in [-0.4, -0.2) is 19.3 Å². The van der Waals surface area contributed by atoms with Crippen LogP contribution in [0.4, 0.5) is 5.69 Å². The summed E-state index contributed by atoms with van der Waals surface area (Å²) in [5, 5.41) is 3.67. The van der Waals surface area contributed by atoms with Crippen molar-refractivity contribution in [3.05, 3.63) is 16.6 Å². The Bertz CT molecular complexity index is 487. The fourth-order valence-electron chi connectivity index (χ4n) is 2.96. The van der Waals surface area contributed by atoms with Gasteiger partial charge < -0.3 is 14.8 Å². The highest BCUT2D eigenvalue weighted by Crippen LogP contribution is 2.43. The Kier molecular flexibility index (Phi) is 3.37. The average molecular weight is 326 g/mol. The molecule has 2 aliphatic rings. The number of hydrogen-bond acceptors (Lipinski definition) is 3. The third kappa shape index (κ3) is 2.55. The molecule has 1 N–H and O–H groups in total. The Morgan fingerprint density at radius 1 is 1.21 bits per heavy atom. The highest BCUT2D eigenvalue weighted by molar-refractivity contribution is 9.10. The van der Waals surface area contributed by atoms with Gasteiger partial charge in [-0.25, -0.2) is 0 Å². The number of rotatable bonds is 2. The van der Waals surface area contributed by atoms with Crippen LogP contribution >= 0.6 is 15.9 Å². The predicted molar refractivity (Wildman–Crippen MR) is 80.2 cm³/mol. The van der Waals surface area contributed by atoms with Gasteiger partial charge in [0.15, 0.2) is 11.5 Å². The van der Waals surface area contributed by atoms with E-state index >= 15 is 0 Å². The van der Waals surface area contributed by atoms with Crippen LogP contribution in [0.1, 0.15) is 33.1 Å². The normalized spacial score (nSPS) is 24.3. The predicted octanol–water partition coefficient (Wildman–Crippen LogP) is 4.21. The molecule has 1 aromatic rings. The first-order valence-electron chi connectivity index (χ1n) is 6.92. The first-order valence-corrected chi connectivity index (χ1v) is 7.71. The Morgan fingerprint density at radius 3 is 2.53 bits per heavy atom. The molecule has 0 radical (unpaired) electrons. The Balaban J connectivity index is 1.85. The quantitative estimate of drug-likeness (QED) is 0.883. The molecule has 0 spiro atoms. The molecule has 4 heteroatoms. The lowest BCUT2D eigenvalue weighted by atomic mass is 9.87. The molecule has 1 atom stereocenters. The van der Waals surface area contributed by atoms with Gasteiger partial charge in [0.05, 0.1) is 5.69 Å². The maximum absolute atomic E-state index is 5.65. The van der Waals surface area contributed by atoms with Crippen LogP contribution in [-0.2, 0) is 0 Å². The average Bonchev–Trinajstić information content (AvgIpc) is 2.70. The van der Waals surface area contributed by atoms with Gasteiger partial charge in [-0.15, -0.1) is 0 Å². The summed E-state index contributed by atoms with van der Waals surface area (Å²) in [6.07, 6.45) is 3.81. The van der Waals surface area contributed by atoms with Crippen LogP contribution in [0.3, 0.4) is 0 Å². The summed E-state index contributed by atoms with van der Waals surface area (Å²) in [5.41, 5.74) is 1.46. The molecule has 0 saturated heterocycles. The molecule has 0 aromatic heterocycles.